The molecule has 0 saturated carbocycles. The Morgan fingerprint density at radius 2 is 2.27 bits per heavy atom. The first-order valence-corrected chi connectivity index (χ1v) is 4.93. The summed E-state index contributed by atoms with van der Waals surface area (Å²) in [7, 11) is 0. The van der Waals surface area contributed by atoms with Crippen LogP contribution in [0, 0.1) is 6.92 Å². The van der Waals surface area contributed by atoms with Gasteiger partial charge >= 0.3 is 0 Å². The number of hydrogen-bond acceptors (Lipinski definition) is 3. The fraction of sp³-hybridized carbons (Fsp3) is 0.200. The lowest BCUT2D eigenvalue weighted by Crippen LogP contribution is -2.01. The molecule has 0 aliphatic rings. The van der Waals surface area contributed by atoms with Gasteiger partial charge in [-0.25, -0.2) is 9.67 Å². The summed E-state index contributed by atoms with van der Waals surface area (Å²) < 4.78 is 1.66. The molecule has 0 aliphatic heterocycles. The molecular weight excluding hydrogens is 212 g/mol. The quantitative estimate of drug-likeness (QED) is 0.844. The van der Waals surface area contributed by atoms with Crippen molar-refractivity contribution in [2.24, 2.45) is 0 Å². The third-order valence-electron chi connectivity index (χ3n) is 2.10. The molecule has 0 radical (unpaired) electrons. The molecule has 1 aromatic heterocycles. The summed E-state index contributed by atoms with van der Waals surface area (Å²) >= 11 is 6.09. The van der Waals surface area contributed by atoms with Crippen molar-refractivity contribution in [3.8, 4) is 0 Å². The summed E-state index contributed by atoms with van der Waals surface area (Å²) in [6.07, 6.45) is 1.59. The van der Waals surface area contributed by atoms with Crippen molar-refractivity contribution >= 4 is 17.5 Å². The smallest absolute Gasteiger partial charge is 0.239 e. The van der Waals surface area contributed by atoms with Gasteiger partial charge in [0.1, 0.15) is 6.33 Å². The van der Waals surface area contributed by atoms with Crippen molar-refractivity contribution in [1.82, 2.24) is 14.8 Å². The van der Waals surface area contributed by atoms with Gasteiger partial charge < -0.3 is 5.73 Å². The van der Waals surface area contributed by atoms with E-state index >= 15 is 0 Å². The highest BCUT2D eigenvalue weighted by molar-refractivity contribution is 6.31. The minimum absolute atomic E-state index is 0.276. The van der Waals surface area contributed by atoms with Crippen LogP contribution in [0.1, 0.15) is 11.1 Å². The maximum absolute atomic E-state index is 6.09. The van der Waals surface area contributed by atoms with Crippen LogP contribution in [0.25, 0.3) is 0 Å². The van der Waals surface area contributed by atoms with Crippen LogP contribution in [0.15, 0.2) is 24.5 Å². The molecule has 2 aromatic rings. The number of halogens is 1. The molecule has 78 valence electrons. The molecule has 0 fully saturated rings. The molecule has 0 atom stereocenters. The zero-order chi connectivity index (χ0) is 10.8. The normalized spacial score (nSPS) is 10.5. The first-order chi connectivity index (χ1) is 7.15. The summed E-state index contributed by atoms with van der Waals surface area (Å²) in [6.45, 7) is 2.59. The monoisotopic (exact) mass is 222 g/mol. The maximum Gasteiger partial charge on any atom is 0.239 e. The van der Waals surface area contributed by atoms with E-state index in [2.05, 4.69) is 10.1 Å². The molecule has 15 heavy (non-hydrogen) atoms. The van der Waals surface area contributed by atoms with Crippen LogP contribution >= 0.6 is 11.6 Å². The highest BCUT2D eigenvalue weighted by Crippen LogP contribution is 2.18. The number of hydrogen-bond donors (Lipinski definition) is 1. The Morgan fingerprint density at radius 3 is 2.87 bits per heavy atom. The van der Waals surface area contributed by atoms with Crippen LogP contribution in [0.5, 0.6) is 0 Å². The Kier molecular flexibility index (Phi) is 2.60. The van der Waals surface area contributed by atoms with Crippen molar-refractivity contribution in [3.05, 3.63) is 40.7 Å². The maximum atomic E-state index is 6.09. The number of nitrogens with zero attached hydrogens (tertiary/aromatic N) is 3. The van der Waals surface area contributed by atoms with Crippen molar-refractivity contribution in [1.29, 1.82) is 0 Å². The number of nitrogens with two attached hydrogens (primary N) is 1. The summed E-state index contributed by atoms with van der Waals surface area (Å²) in [6, 6.07) is 5.92. The molecule has 1 heterocycles. The van der Waals surface area contributed by atoms with E-state index < -0.39 is 0 Å². The van der Waals surface area contributed by atoms with Crippen molar-refractivity contribution < 1.29 is 0 Å². The molecule has 0 spiro atoms. The second kappa shape index (κ2) is 3.90. The standard InChI is InChI=1S/C10H11ClN4/c1-7-2-3-8(9(11)4-7)5-15-6-13-10(12)14-15/h2-4,6H,5H2,1H3,(H2,12,14). The van der Waals surface area contributed by atoms with Crippen LogP contribution in [-0.2, 0) is 6.54 Å². The second-order valence-corrected chi connectivity index (χ2v) is 3.80. The Labute approximate surface area is 92.7 Å². The summed E-state index contributed by atoms with van der Waals surface area (Å²) in [4.78, 5) is 3.85. The van der Waals surface area contributed by atoms with E-state index in [0.717, 1.165) is 16.1 Å². The Bertz CT molecular complexity index is 478. The van der Waals surface area contributed by atoms with E-state index in [1.165, 1.54) is 0 Å². The minimum atomic E-state index is 0.276. The minimum Gasteiger partial charge on any atom is -0.367 e. The lowest BCUT2D eigenvalue weighted by Gasteiger charge is -2.04. The first-order valence-electron chi connectivity index (χ1n) is 4.55. The van der Waals surface area contributed by atoms with Crippen LogP contribution in [0.3, 0.4) is 0 Å². The van der Waals surface area contributed by atoms with Crippen LogP contribution in [0.4, 0.5) is 5.95 Å². The largest absolute Gasteiger partial charge is 0.367 e. The molecular formula is C10H11ClN4. The predicted octanol–water partition coefficient (Wildman–Crippen LogP) is 1.87. The van der Waals surface area contributed by atoms with Gasteiger partial charge in [-0.1, -0.05) is 23.7 Å². The van der Waals surface area contributed by atoms with Crippen molar-refractivity contribution in [2.75, 3.05) is 5.73 Å². The topological polar surface area (TPSA) is 56.7 Å². The van der Waals surface area contributed by atoms with Crippen LogP contribution < -0.4 is 5.73 Å². The number of anilines is 1. The zero-order valence-electron chi connectivity index (χ0n) is 8.31. The number of benzene rings is 1. The molecule has 2 rings (SSSR count). The van der Waals surface area contributed by atoms with Gasteiger partial charge in [-0.05, 0) is 24.1 Å². The molecule has 0 aliphatic carbocycles. The van der Waals surface area contributed by atoms with Gasteiger partial charge in [0.2, 0.25) is 5.95 Å². The van der Waals surface area contributed by atoms with Gasteiger partial charge in [0, 0.05) is 5.02 Å². The van der Waals surface area contributed by atoms with E-state index in [1.54, 1.807) is 11.0 Å². The number of aromatic nitrogens is 3. The fourth-order valence-corrected chi connectivity index (χ4v) is 1.64. The fourth-order valence-electron chi connectivity index (χ4n) is 1.34. The Balaban J connectivity index is 2.24. The van der Waals surface area contributed by atoms with Gasteiger partial charge in [-0.2, -0.15) is 0 Å². The summed E-state index contributed by atoms with van der Waals surface area (Å²) in [5.74, 6) is 0.276. The molecule has 0 bridgehead atoms. The van der Waals surface area contributed by atoms with Gasteiger partial charge in [0.15, 0.2) is 0 Å². The molecule has 0 saturated heterocycles. The zero-order valence-corrected chi connectivity index (χ0v) is 9.07. The van der Waals surface area contributed by atoms with E-state index in [9.17, 15) is 0 Å². The average molecular weight is 223 g/mol. The third-order valence-corrected chi connectivity index (χ3v) is 2.45. The lowest BCUT2D eigenvalue weighted by atomic mass is 10.1. The number of aryl methyl sites for hydroxylation is 1. The number of nitrogen functional groups attached to an aromatic ring is 1. The number of rotatable bonds is 2. The average Bonchev–Trinajstić information content (AvgIpc) is 2.56. The summed E-state index contributed by atoms with van der Waals surface area (Å²) in [5, 5.41) is 4.73. The van der Waals surface area contributed by atoms with Crippen LogP contribution in [0.2, 0.25) is 5.02 Å². The third kappa shape index (κ3) is 2.27. The highest BCUT2D eigenvalue weighted by Gasteiger charge is 2.02. The van der Waals surface area contributed by atoms with Crippen molar-refractivity contribution in [3.63, 3.8) is 0 Å². The molecule has 2 N–H and O–H groups in total. The second-order valence-electron chi connectivity index (χ2n) is 3.40. The molecule has 4 nitrogen and oxygen atoms in total. The Hall–Kier alpha value is -1.55. The van der Waals surface area contributed by atoms with Gasteiger partial charge in [0.25, 0.3) is 0 Å². The molecule has 5 heteroatoms. The van der Waals surface area contributed by atoms with E-state index in [-0.39, 0.29) is 5.95 Å². The van der Waals surface area contributed by atoms with Gasteiger partial charge in [-0.3, -0.25) is 0 Å². The van der Waals surface area contributed by atoms with Crippen LogP contribution in [-0.4, -0.2) is 14.8 Å². The SMILES string of the molecule is Cc1ccc(Cn2cnc(N)n2)c(Cl)c1. The van der Waals surface area contributed by atoms with Gasteiger partial charge in [0.05, 0.1) is 6.54 Å². The molecule has 1 aromatic carbocycles. The van der Waals surface area contributed by atoms with E-state index in [1.807, 2.05) is 25.1 Å². The molecule has 0 unspecified atom stereocenters. The Morgan fingerprint density at radius 1 is 1.47 bits per heavy atom. The summed E-state index contributed by atoms with van der Waals surface area (Å²) in [5.41, 5.74) is 7.57. The van der Waals surface area contributed by atoms with E-state index in [0.29, 0.717) is 6.54 Å². The lowest BCUT2D eigenvalue weighted by molar-refractivity contribution is 0.687. The highest BCUT2D eigenvalue weighted by atomic mass is 35.5. The predicted molar refractivity (Wildman–Crippen MR) is 59.7 cm³/mol. The molecule has 0 amide bonds. The first kappa shape index (κ1) is 9.98. The van der Waals surface area contributed by atoms with Crippen molar-refractivity contribution in [2.45, 2.75) is 13.5 Å². The van der Waals surface area contributed by atoms with E-state index in [4.69, 9.17) is 17.3 Å². The van der Waals surface area contributed by atoms with Gasteiger partial charge in [-0.15, -0.1) is 5.10 Å².